The summed E-state index contributed by atoms with van der Waals surface area (Å²) >= 11 is 0. The van der Waals surface area contributed by atoms with E-state index in [9.17, 15) is 53.2 Å². The Labute approximate surface area is 335 Å². The molecule has 0 spiro atoms. The molecule has 1 saturated heterocycles. The van der Waals surface area contributed by atoms with E-state index >= 15 is 0 Å². The molecule has 0 bridgehead atoms. The molecule has 328 valence electrons. The number of ether oxygens (including phenoxy) is 1. The van der Waals surface area contributed by atoms with Crippen LogP contribution in [-0.4, -0.2) is 151 Å². The second kappa shape index (κ2) is 23.2. The first kappa shape index (κ1) is 49.6. The van der Waals surface area contributed by atoms with Crippen LogP contribution in [0.4, 0.5) is 0 Å². The van der Waals surface area contributed by atoms with Gasteiger partial charge in [0.2, 0.25) is 35.4 Å². The number of likely N-dealkylation sites (tertiary alicyclic amines) is 1. The standard InChI is InChI=1S/C34H57N8O15P/c1-19(2)13-22(39-33(52)25-7-6-10-42(25)26(45)8-11-55-34(4,5)17-44)30(49)38-23(14-21-15-36-18-37-21)31(50)40-24(16-43)32(51)41-28(29(35)48)20(3)57-58(53,54)56-12-9-27(46)47/h15,18-20,22-25,28,43-44H,6-14,16-17H2,1-5H3,(H2,35,48)(H,36,37)(H,38,49)(H,39,52)(H,40,50)(H,41,51)(H,46,47)(H,53,54)/t20-,22+,23+,24+,25+,28+/m1/s1. The number of aromatic nitrogens is 2. The van der Waals surface area contributed by atoms with E-state index in [2.05, 4.69) is 35.8 Å². The minimum atomic E-state index is -4.95. The Morgan fingerprint density at radius 3 is 2.19 bits per heavy atom. The highest BCUT2D eigenvalue weighted by Crippen LogP contribution is 2.45. The summed E-state index contributed by atoms with van der Waals surface area (Å²) in [6, 6.07) is -7.08. The van der Waals surface area contributed by atoms with Gasteiger partial charge in [0.25, 0.3) is 0 Å². The van der Waals surface area contributed by atoms with Gasteiger partial charge in [0, 0.05) is 24.9 Å². The first-order valence-electron chi connectivity index (χ1n) is 18.6. The molecule has 1 unspecified atom stereocenters. The van der Waals surface area contributed by atoms with Crippen molar-refractivity contribution in [2.24, 2.45) is 11.7 Å². The molecule has 7 atom stereocenters. The van der Waals surface area contributed by atoms with E-state index in [1.807, 2.05) is 13.8 Å². The first-order valence-corrected chi connectivity index (χ1v) is 20.1. The number of aliphatic hydroxyl groups is 2. The highest BCUT2D eigenvalue weighted by molar-refractivity contribution is 7.47. The number of aliphatic hydroxyl groups excluding tert-OH is 2. The Morgan fingerprint density at radius 2 is 1.62 bits per heavy atom. The van der Waals surface area contributed by atoms with Gasteiger partial charge in [-0.05, 0) is 46.0 Å². The maximum Gasteiger partial charge on any atom is 0.472 e. The van der Waals surface area contributed by atoms with E-state index < -0.39 is 105 Å². The second-order valence-electron chi connectivity index (χ2n) is 14.7. The summed E-state index contributed by atoms with van der Waals surface area (Å²) in [6.45, 7) is 6.36. The van der Waals surface area contributed by atoms with Gasteiger partial charge in [-0.2, -0.15) is 0 Å². The summed E-state index contributed by atoms with van der Waals surface area (Å²) in [5.74, 6) is -6.59. The maximum atomic E-state index is 13.8. The zero-order valence-corrected chi connectivity index (χ0v) is 34.1. The quantitative estimate of drug-likeness (QED) is 0.0434. The van der Waals surface area contributed by atoms with Gasteiger partial charge in [-0.15, -0.1) is 0 Å². The van der Waals surface area contributed by atoms with E-state index in [1.54, 1.807) is 13.8 Å². The lowest BCUT2D eigenvalue weighted by molar-refractivity contribution is -0.141. The van der Waals surface area contributed by atoms with Crippen LogP contribution in [0.5, 0.6) is 0 Å². The molecule has 23 nitrogen and oxygen atoms in total. The number of phosphoric ester groups is 1. The zero-order valence-electron chi connectivity index (χ0n) is 33.2. The predicted octanol–water partition coefficient (Wildman–Crippen LogP) is -2.42. The van der Waals surface area contributed by atoms with Crippen molar-refractivity contribution in [2.75, 3.05) is 33.0 Å². The minimum absolute atomic E-state index is 0.0212. The molecule has 1 fully saturated rings. The maximum absolute atomic E-state index is 13.8. The number of carboxylic acid groups (broad SMARTS) is 1. The number of primary amides is 1. The average molecular weight is 849 g/mol. The van der Waals surface area contributed by atoms with Crippen LogP contribution in [0.25, 0.3) is 0 Å². The fourth-order valence-corrected chi connectivity index (χ4v) is 6.62. The van der Waals surface area contributed by atoms with Gasteiger partial charge in [-0.3, -0.25) is 42.6 Å². The van der Waals surface area contributed by atoms with Gasteiger partial charge in [-0.25, -0.2) is 9.55 Å². The Hall–Kier alpha value is -4.51. The van der Waals surface area contributed by atoms with Crippen molar-refractivity contribution in [3.8, 4) is 0 Å². The minimum Gasteiger partial charge on any atom is -0.481 e. The van der Waals surface area contributed by atoms with Crippen LogP contribution >= 0.6 is 7.82 Å². The molecule has 24 heteroatoms. The number of H-pyrrole nitrogens is 1. The van der Waals surface area contributed by atoms with Crippen molar-refractivity contribution in [1.82, 2.24) is 36.1 Å². The van der Waals surface area contributed by atoms with E-state index in [-0.39, 0.29) is 44.3 Å². The number of nitrogens with zero attached hydrogens (tertiary/aromatic N) is 2. The van der Waals surface area contributed by atoms with Crippen LogP contribution in [0.3, 0.4) is 0 Å². The number of imidazole rings is 1. The number of nitrogens with one attached hydrogen (secondary N) is 5. The van der Waals surface area contributed by atoms with Crippen molar-refractivity contribution >= 4 is 49.2 Å². The third kappa shape index (κ3) is 16.8. The van der Waals surface area contributed by atoms with Crippen molar-refractivity contribution in [1.29, 1.82) is 0 Å². The molecule has 11 N–H and O–H groups in total. The van der Waals surface area contributed by atoms with Crippen LogP contribution < -0.4 is 27.0 Å². The molecule has 2 rings (SSSR count). The van der Waals surface area contributed by atoms with Crippen molar-refractivity contribution < 1.29 is 72.1 Å². The molecular weight excluding hydrogens is 791 g/mol. The number of carbonyl (C=O) groups is 7. The van der Waals surface area contributed by atoms with E-state index in [1.165, 1.54) is 17.4 Å². The summed E-state index contributed by atoms with van der Waals surface area (Å²) in [6.07, 6.45) is 1.19. The number of aliphatic carboxylic acids is 1. The van der Waals surface area contributed by atoms with E-state index in [0.29, 0.717) is 25.1 Å². The first-order chi connectivity index (χ1) is 27.1. The highest BCUT2D eigenvalue weighted by atomic mass is 31.2. The largest absolute Gasteiger partial charge is 0.481 e. The van der Waals surface area contributed by atoms with E-state index in [0.717, 1.165) is 6.92 Å². The summed E-state index contributed by atoms with van der Waals surface area (Å²) in [7, 11) is -4.95. The molecular formula is C34H57N8O15P. The molecule has 58 heavy (non-hydrogen) atoms. The van der Waals surface area contributed by atoms with Gasteiger partial charge in [0.15, 0.2) is 0 Å². The van der Waals surface area contributed by atoms with E-state index in [4.69, 9.17) is 20.1 Å². The molecule has 0 saturated carbocycles. The lowest BCUT2D eigenvalue weighted by Crippen LogP contribution is -2.61. The van der Waals surface area contributed by atoms with Crippen LogP contribution in [0.15, 0.2) is 12.5 Å². The third-order valence-corrected chi connectivity index (χ3v) is 9.88. The fourth-order valence-electron chi connectivity index (χ4n) is 5.70. The van der Waals surface area contributed by atoms with Crippen molar-refractivity contribution in [3.05, 3.63) is 18.2 Å². The number of rotatable bonds is 26. The molecule has 1 aromatic rings. The number of nitrogens with two attached hydrogens (primary N) is 1. The number of carboxylic acids is 1. The molecule has 6 amide bonds. The zero-order chi connectivity index (χ0) is 43.8. The Balaban J connectivity index is 2.20. The molecule has 0 aliphatic carbocycles. The third-order valence-electron chi connectivity index (χ3n) is 8.78. The summed E-state index contributed by atoms with van der Waals surface area (Å²) in [5, 5.41) is 37.9. The normalized spacial score (nSPS) is 17.9. The molecule has 2 heterocycles. The smallest absolute Gasteiger partial charge is 0.472 e. The topological polar surface area (TPSA) is 351 Å². The molecule has 0 aromatic carbocycles. The SMILES string of the molecule is CC(C)C[C@H](NC(=O)[C@@H]1CCCN1C(=O)CCOC(C)(C)CO)C(=O)N[C@@H](Cc1cnc[nH]1)C(=O)N[C@@H](CO)C(=O)N[C@H](C(N)=O)[C@@H](C)OP(=O)(O)OCCC(=O)O. The second-order valence-corrected chi connectivity index (χ2v) is 16.1. The number of hydrogen-bond acceptors (Lipinski definition) is 14. The Kier molecular flexibility index (Phi) is 19.8. The number of amides is 6. The fraction of sp³-hybridized carbons (Fsp3) is 0.706. The summed E-state index contributed by atoms with van der Waals surface area (Å²) in [5.41, 5.74) is 4.90. The van der Waals surface area contributed by atoms with Gasteiger partial charge in [0.1, 0.15) is 30.2 Å². The van der Waals surface area contributed by atoms with Crippen molar-refractivity contribution in [2.45, 2.75) is 115 Å². The molecule has 1 aliphatic rings. The number of carbonyl (C=O) groups excluding carboxylic acids is 6. The number of phosphoric acid groups is 1. The monoisotopic (exact) mass is 848 g/mol. The van der Waals surface area contributed by atoms with Gasteiger partial charge in [0.05, 0.1) is 57.3 Å². The van der Waals surface area contributed by atoms with Crippen LogP contribution in [0.2, 0.25) is 0 Å². The molecule has 1 aromatic heterocycles. The summed E-state index contributed by atoms with van der Waals surface area (Å²) in [4.78, 5) is 108. The number of hydrogen-bond donors (Lipinski definition) is 10. The lowest BCUT2D eigenvalue weighted by Gasteiger charge is -2.29. The Bertz CT molecular complexity index is 1610. The van der Waals surface area contributed by atoms with Gasteiger partial charge >= 0.3 is 13.8 Å². The lowest BCUT2D eigenvalue weighted by atomic mass is 10.0. The predicted molar refractivity (Wildman–Crippen MR) is 201 cm³/mol. The van der Waals surface area contributed by atoms with Crippen LogP contribution in [0, 0.1) is 5.92 Å². The average Bonchev–Trinajstić information content (AvgIpc) is 3.84. The van der Waals surface area contributed by atoms with Crippen LogP contribution in [0.1, 0.15) is 72.4 Å². The summed E-state index contributed by atoms with van der Waals surface area (Å²) < 4.78 is 27.2. The molecule has 0 radical (unpaired) electrons. The van der Waals surface area contributed by atoms with Gasteiger partial charge < -0.3 is 61.8 Å². The highest BCUT2D eigenvalue weighted by Gasteiger charge is 2.38. The van der Waals surface area contributed by atoms with Crippen LogP contribution in [-0.2, 0) is 58.3 Å². The van der Waals surface area contributed by atoms with Gasteiger partial charge in [-0.1, -0.05) is 13.8 Å². The van der Waals surface area contributed by atoms with Crippen molar-refractivity contribution in [3.63, 3.8) is 0 Å². The Morgan fingerprint density at radius 1 is 0.983 bits per heavy atom. The molecule has 1 aliphatic heterocycles. The number of aromatic amines is 1.